The number of carboxylic acids is 1. The van der Waals surface area contributed by atoms with E-state index in [-0.39, 0.29) is 25.2 Å². The number of likely N-dealkylation sites (tertiary alicyclic amines) is 1. The van der Waals surface area contributed by atoms with Crippen molar-refractivity contribution in [3.05, 3.63) is 11.7 Å². The highest BCUT2D eigenvalue weighted by molar-refractivity contribution is 5.85. The smallest absolute Gasteiger partial charge is 0.326 e. The van der Waals surface area contributed by atoms with Crippen LogP contribution in [0, 0.1) is 12.8 Å². The molecule has 2 aliphatic rings. The number of carbonyl (C=O) groups is 2. The van der Waals surface area contributed by atoms with Crippen LogP contribution in [0.15, 0.2) is 4.52 Å². The van der Waals surface area contributed by atoms with Gasteiger partial charge in [-0.2, -0.15) is 4.98 Å². The van der Waals surface area contributed by atoms with Gasteiger partial charge in [0.25, 0.3) is 5.89 Å². The molecule has 3 atom stereocenters. The summed E-state index contributed by atoms with van der Waals surface area (Å²) in [5.41, 5.74) is 0. The van der Waals surface area contributed by atoms with E-state index in [4.69, 9.17) is 9.26 Å². The van der Waals surface area contributed by atoms with E-state index in [1.165, 1.54) is 4.90 Å². The minimum Gasteiger partial charge on any atom is -0.480 e. The van der Waals surface area contributed by atoms with Crippen LogP contribution in [0.1, 0.15) is 43.8 Å². The van der Waals surface area contributed by atoms with Gasteiger partial charge < -0.3 is 19.3 Å². The number of hydrogen-bond donors (Lipinski definition) is 1. The highest BCUT2D eigenvalue weighted by Crippen LogP contribution is 2.39. The predicted octanol–water partition coefficient (Wildman–Crippen LogP) is 1.14. The molecule has 1 N–H and O–H groups in total. The van der Waals surface area contributed by atoms with E-state index >= 15 is 0 Å². The molecular weight excluding hydrogens is 302 g/mol. The van der Waals surface area contributed by atoms with Gasteiger partial charge in [-0.1, -0.05) is 18.0 Å². The SMILES string of the molecule is Cc1noc(COCC(=O)N2C(C(=O)O)CC3CCCCC32)n1. The third-order valence-corrected chi connectivity index (χ3v) is 4.68. The first-order valence-electron chi connectivity index (χ1n) is 7.97. The number of amides is 1. The number of carbonyl (C=O) groups excluding carboxylic acids is 1. The molecule has 1 aliphatic heterocycles. The van der Waals surface area contributed by atoms with Gasteiger partial charge in [-0.25, -0.2) is 4.79 Å². The van der Waals surface area contributed by atoms with Crippen molar-refractivity contribution in [3.8, 4) is 0 Å². The van der Waals surface area contributed by atoms with Crippen LogP contribution in [0.4, 0.5) is 0 Å². The van der Waals surface area contributed by atoms with E-state index < -0.39 is 12.0 Å². The molecule has 3 unspecified atom stereocenters. The molecule has 0 aromatic carbocycles. The van der Waals surface area contributed by atoms with Gasteiger partial charge in [-0.3, -0.25) is 4.79 Å². The topological polar surface area (TPSA) is 106 Å². The molecule has 2 fully saturated rings. The van der Waals surface area contributed by atoms with Crippen LogP contribution in [-0.2, 0) is 20.9 Å². The Bertz CT molecular complexity index is 587. The van der Waals surface area contributed by atoms with Crippen LogP contribution in [0.25, 0.3) is 0 Å². The molecule has 0 spiro atoms. The molecule has 1 saturated heterocycles. The number of aromatic nitrogens is 2. The zero-order valence-electron chi connectivity index (χ0n) is 13.1. The Labute approximate surface area is 133 Å². The van der Waals surface area contributed by atoms with Crippen molar-refractivity contribution in [3.63, 3.8) is 0 Å². The first-order valence-corrected chi connectivity index (χ1v) is 7.97. The van der Waals surface area contributed by atoms with Gasteiger partial charge in [-0.15, -0.1) is 0 Å². The zero-order chi connectivity index (χ0) is 16.4. The van der Waals surface area contributed by atoms with Gasteiger partial charge in [0.1, 0.15) is 19.3 Å². The summed E-state index contributed by atoms with van der Waals surface area (Å²) in [6.45, 7) is 1.57. The Morgan fingerprint density at radius 2 is 2.17 bits per heavy atom. The number of aryl methyl sites for hydroxylation is 1. The molecule has 1 aliphatic carbocycles. The van der Waals surface area contributed by atoms with Crippen molar-refractivity contribution >= 4 is 11.9 Å². The lowest BCUT2D eigenvalue weighted by Gasteiger charge is -2.32. The van der Waals surface area contributed by atoms with E-state index in [1.807, 2.05) is 0 Å². The molecule has 126 valence electrons. The van der Waals surface area contributed by atoms with Crippen molar-refractivity contribution < 1.29 is 24.0 Å². The van der Waals surface area contributed by atoms with Gasteiger partial charge in [-0.05, 0) is 32.1 Å². The second-order valence-electron chi connectivity index (χ2n) is 6.23. The number of hydrogen-bond acceptors (Lipinski definition) is 6. The van der Waals surface area contributed by atoms with E-state index in [9.17, 15) is 14.7 Å². The standard InChI is InChI=1S/C15H21N3O5/c1-9-16-13(23-17-9)7-22-8-14(19)18-11-5-3-2-4-10(11)6-12(18)15(20)21/h10-12H,2-8H2,1H3,(H,20,21). The number of aliphatic carboxylic acids is 1. The van der Waals surface area contributed by atoms with E-state index in [2.05, 4.69) is 10.1 Å². The molecule has 1 aromatic heterocycles. The Hall–Kier alpha value is -1.96. The molecule has 2 heterocycles. The first kappa shape index (κ1) is 15.9. The zero-order valence-corrected chi connectivity index (χ0v) is 13.1. The summed E-state index contributed by atoms with van der Waals surface area (Å²) < 4.78 is 10.2. The van der Waals surface area contributed by atoms with E-state index in [0.29, 0.717) is 24.1 Å². The largest absolute Gasteiger partial charge is 0.480 e. The summed E-state index contributed by atoms with van der Waals surface area (Å²) in [5.74, 6) is -0.0942. The third kappa shape index (κ3) is 3.36. The van der Waals surface area contributed by atoms with Crippen molar-refractivity contribution in [2.75, 3.05) is 6.61 Å². The minimum absolute atomic E-state index is 0.0339. The number of rotatable bonds is 5. The second kappa shape index (κ2) is 6.66. The van der Waals surface area contributed by atoms with Crippen molar-refractivity contribution in [1.82, 2.24) is 15.0 Å². The lowest BCUT2D eigenvalue weighted by molar-refractivity contribution is -0.152. The second-order valence-corrected chi connectivity index (χ2v) is 6.23. The van der Waals surface area contributed by atoms with E-state index in [0.717, 1.165) is 25.7 Å². The Morgan fingerprint density at radius 1 is 1.39 bits per heavy atom. The average molecular weight is 323 g/mol. The fraction of sp³-hybridized carbons (Fsp3) is 0.733. The summed E-state index contributed by atoms with van der Waals surface area (Å²) in [6, 6.07) is -0.698. The van der Waals surface area contributed by atoms with Gasteiger partial charge >= 0.3 is 5.97 Å². The van der Waals surface area contributed by atoms with Crippen molar-refractivity contribution in [2.24, 2.45) is 5.92 Å². The van der Waals surface area contributed by atoms with Crippen LogP contribution in [0.5, 0.6) is 0 Å². The Balaban J connectivity index is 1.60. The quantitative estimate of drug-likeness (QED) is 0.866. The van der Waals surface area contributed by atoms with Gasteiger partial charge in [0.2, 0.25) is 5.91 Å². The highest BCUT2D eigenvalue weighted by atomic mass is 16.5. The minimum atomic E-state index is -0.930. The summed E-state index contributed by atoms with van der Waals surface area (Å²) >= 11 is 0. The monoisotopic (exact) mass is 323 g/mol. The molecule has 3 rings (SSSR count). The van der Waals surface area contributed by atoms with Gasteiger partial charge in [0.05, 0.1) is 0 Å². The molecule has 0 bridgehead atoms. The normalized spacial score (nSPS) is 27.0. The van der Waals surface area contributed by atoms with Gasteiger partial charge in [0.15, 0.2) is 5.82 Å². The van der Waals surface area contributed by atoms with Crippen LogP contribution in [0.2, 0.25) is 0 Å². The number of ether oxygens (including phenoxy) is 1. The fourth-order valence-electron chi connectivity index (χ4n) is 3.74. The molecule has 8 nitrogen and oxygen atoms in total. The van der Waals surface area contributed by atoms with Crippen LogP contribution in [0.3, 0.4) is 0 Å². The fourth-order valence-corrected chi connectivity index (χ4v) is 3.74. The molecule has 1 aromatic rings. The lowest BCUT2D eigenvalue weighted by Crippen LogP contribution is -2.47. The Kier molecular flexibility index (Phi) is 4.61. The Morgan fingerprint density at radius 3 is 2.87 bits per heavy atom. The van der Waals surface area contributed by atoms with Crippen molar-refractivity contribution in [1.29, 1.82) is 0 Å². The lowest BCUT2D eigenvalue weighted by atomic mass is 9.85. The first-order chi connectivity index (χ1) is 11.1. The molecule has 8 heteroatoms. The van der Waals surface area contributed by atoms with E-state index in [1.54, 1.807) is 6.92 Å². The summed E-state index contributed by atoms with van der Waals surface area (Å²) in [5, 5.41) is 13.1. The summed E-state index contributed by atoms with van der Waals surface area (Å²) in [7, 11) is 0. The molecule has 23 heavy (non-hydrogen) atoms. The maximum atomic E-state index is 12.5. The van der Waals surface area contributed by atoms with Crippen molar-refractivity contribution in [2.45, 2.75) is 57.7 Å². The number of carboxylic acid groups (broad SMARTS) is 1. The summed E-state index contributed by atoms with van der Waals surface area (Å²) in [4.78, 5) is 29.5. The van der Waals surface area contributed by atoms with Crippen LogP contribution in [-0.4, -0.2) is 50.7 Å². The molecule has 1 saturated carbocycles. The predicted molar refractivity (Wildman–Crippen MR) is 77.3 cm³/mol. The molecule has 1 amide bonds. The maximum absolute atomic E-state index is 12.5. The molecular formula is C15H21N3O5. The highest BCUT2D eigenvalue weighted by Gasteiger charge is 2.47. The average Bonchev–Trinajstić information content (AvgIpc) is 3.10. The maximum Gasteiger partial charge on any atom is 0.326 e. The third-order valence-electron chi connectivity index (χ3n) is 4.68. The number of fused-ring (bicyclic) bond motifs is 1. The van der Waals surface area contributed by atoms with Crippen LogP contribution >= 0.6 is 0 Å². The van der Waals surface area contributed by atoms with Gasteiger partial charge in [0, 0.05) is 6.04 Å². The summed E-state index contributed by atoms with van der Waals surface area (Å²) in [6.07, 6.45) is 4.58. The van der Waals surface area contributed by atoms with Crippen LogP contribution < -0.4 is 0 Å². The molecule has 0 radical (unpaired) electrons. The number of nitrogens with zero attached hydrogens (tertiary/aromatic N) is 3.